The summed E-state index contributed by atoms with van der Waals surface area (Å²) in [6.45, 7) is 3.10. The summed E-state index contributed by atoms with van der Waals surface area (Å²) in [5.74, 6) is 0. The summed E-state index contributed by atoms with van der Waals surface area (Å²) in [5.41, 5.74) is 1.84. The lowest BCUT2D eigenvalue weighted by Crippen LogP contribution is -2.56. The summed E-state index contributed by atoms with van der Waals surface area (Å²) in [4.78, 5) is 0. The highest BCUT2D eigenvalue weighted by molar-refractivity contribution is 9.10. The minimum Gasteiger partial charge on any atom is -0.385 e. The molecule has 1 aliphatic rings. The van der Waals surface area contributed by atoms with Crippen LogP contribution in [0, 0.1) is 0 Å². The van der Waals surface area contributed by atoms with Gasteiger partial charge in [-0.1, -0.05) is 34.5 Å². The van der Waals surface area contributed by atoms with Gasteiger partial charge >= 0.3 is 0 Å². The van der Waals surface area contributed by atoms with E-state index >= 15 is 0 Å². The monoisotopic (exact) mass is 297 g/mol. The van der Waals surface area contributed by atoms with Crippen LogP contribution in [-0.2, 0) is 10.2 Å². The Morgan fingerprint density at radius 3 is 2.47 bits per heavy atom. The molecule has 0 bridgehead atoms. The van der Waals surface area contributed by atoms with Crippen LogP contribution < -0.4 is 5.32 Å². The molecule has 1 N–H and O–H groups in total. The summed E-state index contributed by atoms with van der Waals surface area (Å²) in [7, 11) is 1.77. The first-order valence-corrected chi connectivity index (χ1v) is 7.02. The van der Waals surface area contributed by atoms with E-state index < -0.39 is 0 Å². The number of ether oxygens (including phenoxy) is 1. The molecule has 2 nitrogen and oxygen atoms in total. The highest BCUT2D eigenvalue weighted by Crippen LogP contribution is 2.34. The number of hydrogen-bond donors (Lipinski definition) is 1. The molecule has 3 heteroatoms. The number of unbranched alkanes of at least 4 members (excludes halogenated alkanes) is 1. The molecule has 0 saturated carbocycles. The number of nitrogens with one attached hydrogen (secondary N) is 1. The molecule has 1 heterocycles. The van der Waals surface area contributed by atoms with Gasteiger partial charge < -0.3 is 10.1 Å². The largest absolute Gasteiger partial charge is 0.385 e. The fourth-order valence-electron chi connectivity index (χ4n) is 2.47. The lowest BCUT2D eigenvalue weighted by atomic mass is 9.72. The second-order valence-electron chi connectivity index (χ2n) is 4.84. The molecule has 1 saturated heterocycles. The van der Waals surface area contributed by atoms with Crippen molar-refractivity contribution in [3.8, 4) is 0 Å². The lowest BCUT2D eigenvalue weighted by molar-refractivity contribution is 0.181. The van der Waals surface area contributed by atoms with Crippen LogP contribution >= 0.6 is 15.9 Å². The molecule has 0 amide bonds. The Balaban J connectivity index is 1.96. The van der Waals surface area contributed by atoms with Crippen molar-refractivity contribution < 1.29 is 4.74 Å². The first kappa shape index (κ1) is 13.1. The summed E-state index contributed by atoms with van der Waals surface area (Å²) in [6.07, 6.45) is 3.66. The Labute approximate surface area is 112 Å². The van der Waals surface area contributed by atoms with Crippen molar-refractivity contribution in [3.63, 3.8) is 0 Å². The third kappa shape index (κ3) is 3.09. The van der Waals surface area contributed by atoms with Crippen LogP contribution in [0.1, 0.15) is 24.8 Å². The fraction of sp³-hybridized carbons (Fsp3) is 0.571. The Bertz CT molecular complexity index is 346. The fourth-order valence-corrected chi connectivity index (χ4v) is 2.73. The van der Waals surface area contributed by atoms with Crippen molar-refractivity contribution in [2.45, 2.75) is 24.7 Å². The zero-order valence-electron chi connectivity index (χ0n) is 10.3. The van der Waals surface area contributed by atoms with Gasteiger partial charge in [-0.05, 0) is 30.5 Å². The maximum atomic E-state index is 5.11. The minimum absolute atomic E-state index is 0.369. The van der Waals surface area contributed by atoms with E-state index in [-0.39, 0.29) is 0 Å². The van der Waals surface area contributed by atoms with Gasteiger partial charge in [-0.2, -0.15) is 0 Å². The molecule has 0 unspecified atom stereocenters. The SMILES string of the molecule is COCCCCC1(c2ccc(Br)cc2)CNC1. The topological polar surface area (TPSA) is 21.3 Å². The molecule has 0 spiro atoms. The molecule has 1 fully saturated rings. The minimum atomic E-state index is 0.369. The van der Waals surface area contributed by atoms with Gasteiger partial charge in [0.15, 0.2) is 0 Å². The third-order valence-corrected chi connectivity index (χ3v) is 4.17. The van der Waals surface area contributed by atoms with Crippen LogP contribution in [0.4, 0.5) is 0 Å². The van der Waals surface area contributed by atoms with Gasteiger partial charge in [0.2, 0.25) is 0 Å². The molecule has 17 heavy (non-hydrogen) atoms. The molecular weight excluding hydrogens is 278 g/mol. The molecule has 0 aliphatic carbocycles. The molecule has 2 rings (SSSR count). The summed E-state index contributed by atoms with van der Waals surface area (Å²) < 4.78 is 6.26. The Morgan fingerprint density at radius 2 is 1.94 bits per heavy atom. The summed E-state index contributed by atoms with van der Waals surface area (Å²) in [5, 5.41) is 3.41. The molecule has 0 atom stereocenters. The Hall–Kier alpha value is -0.380. The average molecular weight is 298 g/mol. The number of methoxy groups -OCH3 is 1. The highest BCUT2D eigenvalue weighted by atomic mass is 79.9. The lowest BCUT2D eigenvalue weighted by Gasteiger charge is -2.43. The second-order valence-corrected chi connectivity index (χ2v) is 5.76. The van der Waals surface area contributed by atoms with Gasteiger partial charge in [-0.25, -0.2) is 0 Å². The van der Waals surface area contributed by atoms with Gasteiger partial charge in [0.25, 0.3) is 0 Å². The quantitative estimate of drug-likeness (QED) is 0.815. The van der Waals surface area contributed by atoms with Gasteiger partial charge in [0.1, 0.15) is 0 Å². The molecule has 94 valence electrons. The second kappa shape index (κ2) is 5.98. The van der Waals surface area contributed by atoms with Crippen molar-refractivity contribution in [2.75, 3.05) is 26.8 Å². The first-order chi connectivity index (χ1) is 8.27. The Morgan fingerprint density at radius 1 is 1.24 bits per heavy atom. The smallest absolute Gasteiger partial charge is 0.0462 e. The number of hydrogen-bond acceptors (Lipinski definition) is 2. The van der Waals surface area contributed by atoms with Crippen LogP contribution in [0.2, 0.25) is 0 Å². The summed E-state index contributed by atoms with van der Waals surface area (Å²) in [6, 6.07) is 8.79. The predicted octanol–water partition coefficient (Wildman–Crippen LogP) is 3.11. The predicted molar refractivity (Wildman–Crippen MR) is 74.4 cm³/mol. The molecule has 1 aliphatic heterocycles. The van der Waals surface area contributed by atoms with E-state index in [0.717, 1.165) is 30.6 Å². The average Bonchev–Trinajstić information content (AvgIpc) is 2.29. The van der Waals surface area contributed by atoms with Gasteiger partial charge in [-0.3, -0.25) is 0 Å². The van der Waals surface area contributed by atoms with Crippen LogP contribution in [-0.4, -0.2) is 26.8 Å². The van der Waals surface area contributed by atoms with Crippen LogP contribution in [0.3, 0.4) is 0 Å². The molecular formula is C14H20BrNO. The zero-order valence-corrected chi connectivity index (χ0v) is 11.9. The molecule has 1 aromatic carbocycles. The van der Waals surface area contributed by atoms with E-state index in [1.54, 1.807) is 7.11 Å². The van der Waals surface area contributed by atoms with Crippen molar-refractivity contribution in [1.29, 1.82) is 0 Å². The number of benzene rings is 1. The number of halogens is 1. The maximum absolute atomic E-state index is 5.11. The van der Waals surface area contributed by atoms with Crippen molar-refractivity contribution in [3.05, 3.63) is 34.3 Å². The molecule has 0 radical (unpaired) electrons. The van der Waals surface area contributed by atoms with Gasteiger partial charge in [0, 0.05) is 36.7 Å². The molecule has 0 aromatic heterocycles. The van der Waals surface area contributed by atoms with Crippen molar-refractivity contribution in [2.24, 2.45) is 0 Å². The van der Waals surface area contributed by atoms with Gasteiger partial charge in [0.05, 0.1) is 0 Å². The van der Waals surface area contributed by atoms with Crippen LogP contribution in [0.5, 0.6) is 0 Å². The third-order valence-electron chi connectivity index (χ3n) is 3.64. The number of rotatable bonds is 6. The van der Waals surface area contributed by atoms with E-state index in [9.17, 15) is 0 Å². The normalized spacial score (nSPS) is 17.8. The molecule has 1 aromatic rings. The van der Waals surface area contributed by atoms with Crippen LogP contribution in [0.25, 0.3) is 0 Å². The maximum Gasteiger partial charge on any atom is 0.0462 e. The van der Waals surface area contributed by atoms with Gasteiger partial charge in [-0.15, -0.1) is 0 Å². The van der Waals surface area contributed by atoms with E-state index in [0.29, 0.717) is 5.41 Å². The van der Waals surface area contributed by atoms with E-state index in [1.807, 2.05) is 0 Å². The van der Waals surface area contributed by atoms with E-state index in [1.165, 1.54) is 18.4 Å². The van der Waals surface area contributed by atoms with Crippen molar-refractivity contribution >= 4 is 15.9 Å². The first-order valence-electron chi connectivity index (χ1n) is 6.23. The summed E-state index contributed by atoms with van der Waals surface area (Å²) >= 11 is 3.49. The van der Waals surface area contributed by atoms with E-state index in [4.69, 9.17) is 4.74 Å². The Kier molecular flexibility index (Phi) is 4.60. The van der Waals surface area contributed by atoms with E-state index in [2.05, 4.69) is 45.5 Å². The van der Waals surface area contributed by atoms with Crippen LogP contribution in [0.15, 0.2) is 28.7 Å². The standard InChI is InChI=1S/C14H20BrNO/c1-17-9-3-2-8-14(10-16-11-14)12-4-6-13(15)7-5-12/h4-7,16H,2-3,8-11H2,1H3. The zero-order chi connectivity index (χ0) is 12.1. The highest BCUT2D eigenvalue weighted by Gasteiger charge is 2.37. The van der Waals surface area contributed by atoms with Crippen molar-refractivity contribution in [1.82, 2.24) is 5.32 Å².